The van der Waals surface area contributed by atoms with Gasteiger partial charge in [0.05, 0.1) is 6.33 Å². The van der Waals surface area contributed by atoms with Gasteiger partial charge in [0.2, 0.25) is 5.91 Å². The van der Waals surface area contributed by atoms with Gasteiger partial charge in [0.1, 0.15) is 0 Å². The quantitative estimate of drug-likeness (QED) is 0.600. The summed E-state index contributed by atoms with van der Waals surface area (Å²) in [5.74, 6) is 0.941. The smallest absolute Gasteiger partial charge is 0.220 e. The van der Waals surface area contributed by atoms with Gasteiger partial charge in [-0.2, -0.15) is 0 Å². The van der Waals surface area contributed by atoms with Crippen molar-refractivity contribution in [2.75, 3.05) is 12.3 Å². The van der Waals surface area contributed by atoms with Gasteiger partial charge in [-0.15, -0.1) is 11.8 Å². The van der Waals surface area contributed by atoms with Crippen LogP contribution in [-0.4, -0.2) is 27.8 Å². The van der Waals surface area contributed by atoms with Gasteiger partial charge in [0.25, 0.3) is 0 Å². The molecule has 1 aromatic heterocycles. The molecule has 1 aromatic carbocycles. The van der Waals surface area contributed by atoms with E-state index in [-0.39, 0.29) is 5.91 Å². The molecule has 0 aliphatic carbocycles. The number of amides is 1. The molecule has 1 N–H and O–H groups in total. The summed E-state index contributed by atoms with van der Waals surface area (Å²) < 4.78 is 2.01. The van der Waals surface area contributed by atoms with E-state index in [1.807, 2.05) is 29.0 Å². The first-order valence-corrected chi connectivity index (χ1v) is 7.73. The number of carbonyl (C=O) groups excluding carboxylic acids is 1. The molecule has 0 unspecified atom stereocenters. The molecular weight excluding hydrogens is 270 g/mol. The number of hydrogen-bond donors (Lipinski definition) is 1. The van der Waals surface area contributed by atoms with E-state index in [4.69, 9.17) is 0 Å². The Bertz CT molecular complexity index is 499. The van der Waals surface area contributed by atoms with Crippen LogP contribution in [-0.2, 0) is 11.3 Å². The van der Waals surface area contributed by atoms with E-state index < -0.39 is 0 Å². The zero-order valence-corrected chi connectivity index (χ0v) is 12.2. The van der Waals surface area contributed by atoms with Crippen molar-refractivity contribution in [2.24, 2.45) is 0 Å². The lowest BCUT2D eigenvalue weighted by atomic mass is 10.4. The molecule has 0 saturated heterocycles. The van der Waals surface area contributed by atoms with Crippen molar-refractivity contribution >= 4 is 17.7 Å². The number of aryl methyl sites for hydroxylation is 1. The van der Waals surface area contributed by atoms with E-state index >= 15 is 0 Å². The van der Waals surface area contributed by atoms with Crippen molar-refractivity contribution in [1.82, 2.24) is 14.9 Å². The predicted molar refractivity (Wildman–Crippen MR) is 81.6 cm³/mol. The number of thioether (sulfide) groups is 1. The SMILES string of the molecule is O=C(CCSc1ccccc1)NCCCn1ccnc1. The maximum Gasteiger partial charge on any atom is 0.220 e. The molecule has 20 heavy (non-hydrogen) atoms. The Hall–Kier alpha value is -1.75. The highest BCUT2D eigenvalue weighted by molar-refractivity contribution is 7.99. The van der Waals surface area contributed by atoms with Crippen LogP contribution in [0.25, 0.3) is 0 Å². The number of carbonyl (C=O) groups is 1. The Kier molecular flexibility index (Phi) is 6.17. The lowest BCUT2D eigenvalue weighted by Crippen LogP contribution is -2.25. The lowest BCUT2D eigenvalue weighted by Gasteiger charge is -2.05. The van der Waals surface area contributed by atoms with E-state index in [9.17, 15) is 4.79 Å². The molecule has 2 rings (SSSR count). The summed E-state index contributed by atoms with van der Waals surface area (Å²) in [4.78, 5) is 16.8. The highest BCUT2D eigenvalue weighted by Gasteiger charge is 2.01. The molecular formula is C15H19N3OS. The first-order chi connectivity index (χ1) is 9.84. The van der Waals surface area contributed by atoms with Gasteiger partial charge in [-0.3, -0.25) is 4.79 Å². The average molecular weight is 289 g/mol. The summed E-state index contributed by atoms with van der Waals surface area (Å²) in [6.45, 7) is 1.60. The summed E-state index contributed by atoms with van der Waals surface area (Å²) in [6, 6.07) is 10.1. The van der Waals surface area contributed by atoms with Crippen LogP contribution in [0.3, 0.4) is 0 Å². The number of nitrogens with one attached hydrogen (secondary N) is 1. The Labute approximate surface area is 123 Å². The third kappa shape index (κ3) is 5.48. The van der Waals surface area contributed by atoms with Crippen LogP contribution in [0.1, 0.15) is 12.8 Å². The topological polar surface area (TPSA) is 46.9 Å². The maximum atomic E-state index is 11.7. The van der Waals surface area contributed by atoms with Crippen LogP contribution >= 0.6 is 11.8 Å². The fraction of sp³-hybridized carbons (Fsp3) is 0.333. The van der Waals surface area contributed by atoms with Crippen molar-refractivity contribution in [3.8, 4) is 0 Å². The van der Waals surface area contributed by atoms with E-state index in [0.29, 0.717) is 13.0 Å². The second-order valence-corrected chi connectivity index (χ2v) is 5.58. The predicted octanol–water partition coefficient (Wildman–Crippen LogP) is 2.57. The number of rotatable bonds is 8. The second kappa shape index (κ2) is 8.43. The largest absolute Gasteiger partial charge is 0.356 e. The maximum absolute atomic E-state index is 11.7. The van der Waals surface area contributed by atoms with Crippen LogP contribution in [0, 0.1) is 0 Å². The standard InChI is InChI=1S/C15H19N3OS/c19-15(7-12-20-14-5-2-1-3-6-14)17-8-4-10-18-11-9-16-13-18/h1-3,5-6,9,11,13H,4,7-8,10,12H2,(H,17,19). The molecule has 0 spiro atoms. The minimum atomic E-state index is 0.124. The molecule has 1 heterocycles. The van der Waals surface area contributed by atoms with E-state index in [1.54, 1.807) is 24.3 Å². The fourth-order valence-electron chi connectivity index (χ4n) is 1.78. The van der Waals surface area contributed by atoms with Crippen molar-refractivity contribution in [2.45, 2.75) is 24.3 Å². The van der Waals surface area contributed by atoms with E-state index in [0.717, 1.165) is 18.7 Å². The Morgan fingerprint density at radius 3 is 2.90 bits per heavy atom. The number of benzene rings is 1. The van der Waals surface area contributed by atoms with E-state index in [2.05, 4.69) is 22.4 Å². The molecule has 0 fully saturated rings. The van der Waals surface area contributed by atoms with Crippen LogP contribution in [0.15, 0.2) is 53.9 Å². The lowest BCUT2D eigenvalue weighted by molar-refractivity contribution is -0.120. The van der Waals surface area contributed by atoms with Gasteiger partial charge in [0.15, 0.2) is 0 Å². The van der Waals surface area contributed by atoms with Crippen LogP contribution in [0.4, 0.5) is 0 Å². The Balaban J connectivity index is 1.52. The number of hydrogen-bond acceptors (Lipinski definition) is 3. The Morgan fingerprint density at radius 2 is 2.15 bits per heavy atom. The fourth-order valence-corrected chi connectivity index (χ4v) is 2.65. The number of aromatic nitrogens is 2. The highest BCUT2D eigenvalue weighted by atomic mass is 32.2. The monoisotopic (exact) mass is 289 g/mol. The third-order valence-electron chi connectivity index (χ3n) is 2.82. The number of imidazole rings is 1. The summed E-state index contributed by atoms with van der Waals surface area (Å²) in [6.07, 6.45) is 6.97. The van der Waals surface area contributed by atoms with Gasteiger partial charge < -0.3 is 9.88 Å². The van der Waals surface area contributed by atoms with Crippen molar-refractivity contribution in [3.05, 3.63) is 49.1 Å². The second-order valence-electron chi connectivity index (χ2n) is 4.42. The van der Waals surface area contributed by atoms with Crippen LogP contribution in [0.5, 0.6) is 0 Å². The summed E-state index contributed by atoms with van der Waals surface area (Å²) >= 11 is 1.71. The summed E-state index contributed by atoms with van der Waals surface area (Å²) in [5, 5.41) is 2.95. The molecule has 0 atom stereocenters. The highest BCUT2D eigenvalue weighted by Crippen LogP contribution is 2.17. The molecule has 0 bridgehead atoms. The average Bonchev–Trinajstić information content (AvgIpc) is 2.98. The Morgan fingerprint density at radius 1 is 1.30 bits per heavy atom. The normalized spacial score (nSPS) is 10.4. The molecule has 0 radical (unpaired) electrons. The van der Waals surface area contributed by atoms with E-state index in [1.165, 1.54) is 4.90 Å². The first-order valence-electron chi connectivity index (χ1n) is 6.75. The third-order valence-corrected chi connectivity index (χ3v) is 3.83. The molecule has 5 heteroatoms. The van der Waals surface area contributed by atoms with Crippen molar-refractivity contribution in [3.63, 3.8) is 0 Å². The summed E-state index contributed by atoms with van der Waals surface area (Å²) in [7, 11) is 0. The van der Waals surface area contributed by atoms with Gasteiger partial charge in [-0.25, -0.2) is 4.98 Å². The van der Waals surface area contributed by atoms with Gasteiger partial charge in [-0.05, 0) is 18.6 Å². The van der Waals surface area contributed by atoms with Gasteiger partial charge in [0, 0.05) is 42.6 Å². The van der Waals surface area contributed by atoms with Crippen LogP contribution < -0.4 is 5.32 Å². The zero-order valence-electron chi connectivity index (χ0n) is 11.4. The molecule has 0 aliphatic heterocycles. The molecule has 0 aliphatic rings. The minimum absolute atomic E-state index is 0.124. The molecule has 4 nitrogen and oxygen atoms in total. The zero-order chi connectivity index (χ0) is 14.0. The molecule has 1 amide bonds. The van der Waals surface area contributed by atoms with Gasteiger partial charge >= 0.3 is 0 Å². The first kappa shape index (κ1) is 14.7. The molecule has 2 aromatic rings. The van der Waals surface area contributed by atoms with Crippen molar-refractivity contribution in [1.29, 1.82) is 0 Å². The minimum Gasteiger partial charge on any atom is -0.356 e. The molecule has 106 valence electrons. The van der Waals surface area contributed by atoms with Crippen LogP contribution in [0.2, 0.25) is 0 Å². The van der Waals surface area contributed by atoms with Gasteiger partial charge in [-0.1, -0.05) is 18.2 Å². The van der Waals surface area contributed by atoms with Crippen molar-refractivity contribution < 1.29 is 4.79 Å². The molecule has 0 saturated carbocycles. The number of nitrogens with zero attached hydrogens (tertiary/aromatic N) is 2. The summed E-state index contributed by atoms with van der Waals surface area (Å²) in [5.41, 5.74) is 0.